The van der Waals surface area contributed by atoms with Crippen LogP contribution in [0.3, 0.4) is 0 Å². The highest BCUT2D eigenvalue weighted by Crippen LogP contribution is 2.65. The number of rotatable bonds is 2. The summed E-state index contributed by atoms with van der Waals surface area (Å²) in [5, 5.41) is 3.08. The zero-order valence-corrected chi connectivity index (χ0v) is 12.6. The zero-order chi connectivity index (χ0) is 14.7. The lowest BCUT2D eigenvalue weighted by Gasteiger charge is -2.60. The number of hydrogen-bond acceptors (Lipinski definition) is 3. The van der Waals surface area contributed by atoms with E-state index >= 15 is 0 Å². The van der Waals surface area contributed by atoms with Gasteiger partial charge >= 0.3 is 0 Å². The molecule has 0 radical (unpaired) electrons. The van der Waals surface area contributed by atoms with Gasteiger partial charge in [-0.2, -0.15) is 0 Å². The van der Waals surface area contributed by atoms with Crippen LogP contribution in [-0.2, 0) is 4.79 Å². The van der Waals surface area contributed by atoms with Gasteiger partial charge in [0.25, 0.3) is 0 Å². The Balaban J connectivity index is 1.61. The fourth-order valence-corrected chi connectivity index (χ4v) is 5.76. The van der Waals surface area contributed by atoms with Crippen LogP contribution in [0.4, 0.5) is 11.4 Å². The molecule has 1 amide bonds. The summed E-state index contributed by atoms with van der Waals surface area (Å²) in [6, 6.07) is 1.79. The third kappa shape index (κ3) is 2.03. The van der Waals surface area contributed by atoms with Crippen LogP contribution in [0.1, 0.15) is 45.4 Å². The highest BCUT2D eigenvalue weighted by Gasteiger charge is 2.58. The van der Waals surface area contributed by atoms with E-state index in [1.165, 1.54) is 19.3 Å². The van der Waals surface area contributed by atoms with E-state index in [4.69, 9.17) is 5.73 Å². The van der Waals surface area contributed by atoms with E-state index in [9.17, 15) is 4.79 Å². The molecular formula is C17H23N3O. The summed E-state index contributed by atoms with van der Waals surface area (Å²) in [5.74, 6) is 1.68. The molecule has 2 atom stereocenters. The number of amides is 1. The Morgan fingerprint density at radius 2 is 2.05 bits per heavy atom. The van der Waals surface area contributed by atoms with Crippen molar-refractivity contribution in [2.24, 2.45) is 22.7 Å². The lowest BCUT2D eigenvalue weighted by Crippen LogP contribution is -2.55. The maximum absolute atomic E-state index is 13.0. The second kappa shape index (κ2) is 4.21. The van der Waals surface area contributed by atoms with Crippen LogP contribution in [0, 0.1) is 22.7 Å². The molecule has 4 bridgehead atoms. The van der Waals surface area contributed by atoms with Crippen molar-refractivity contribution < 1.29 is 4.79 Å². The van der Waals surface area contributed by atoms with Gasteiger partial charge in [-0.1, -0.05) is 6.92 Å². The second-order valence-corrected chi connectivity index (χ2v) is 7.97. The lowest BCUT2D eigenvalue weighted by atomic mass is 9.44. The first-order valence-electron chi connectivity index (χ1n) is 7.99. The van der Waals surface area contributed by atoms with Gasteiger partial charge in [-0.05, 0) is 61.8 Å². The van der Waals surface area contributed by atoms with Gasteiger partial charge in [0, 0.05) is 6.20 Å². The molecule has 1 aromatic rings. The highest BCUT2D eigenvalue weighted by atomic mass is 16.2. The van der Waals surface area contributed by atoms with Crippen molar-refractivity contribution in [3.8, 4) is 0 Å². The van der Waals surface area contributed by atoms with Gasteiger partial charge < -0.3 is 11.1 Å². The second-order valence-electron chi connectivity index (χ2n) is 7.97. The highest BCUT2D eigenvalue weighted by molar-refractivity contribution is 5.97. The summed E-state index contributed by atoms with van der Waals surface area (Å²) in [4.78, 5) is 17.0. The van der Waals surface area contributed by atoms with Crippen molar-refractivity contribution in [1.29, 1.82) is 0 Å². The number of nitrogens with one attached hydrogen (secondary N) is 1. The summed E-state index contributed by atoms with van der Waals surface area (Å²) in [5.41, 5.74) is 7.38. The Morgan fingerprint density at radius 3 is 2.67 bits per heavy atom. The number of hydrogen-bond donors (Lipinski definition) is 2. The third-order valence-corrected chi connectivity index (χ3v) is 5.94. The van der Waals surface area contributed by atoms with Crippen molar-refractivity contribution >= 4 is 17.3 Å². The van der Waals surface area contributed by atoms with Gasteiger partial charge in [-0.25, -0.2) is 0 Å². The summed E-state index contributed by atoms with van der Waals surface area (Å²) in [6.07, 6.45) is 10.4. The van der Waals surface area contributed by atoms with Crippen LogP contribution >= 0.6 is 0 Å². The van der Waals surface area contributed by atoms with Crippen molar-refractivity contribution in [3.05, 3.63) is 18.5 Å². The molecule has 4 heteroatoms. The quantitative estimate of drug-likeness (QED) is 0.876. The number of carbonyl (C=O) groups is 1. The number of nitrogens with zero attached hydrogens (tertiary/aromatic N) is 1. The Bertz CT molecular complexity index is 583. The summed E-state index contributed by atoms with van der Waals surface area (Å²) < 4.78 is 0. The molecule has 2 unspecified atom stereocenters. The van der Waals surface area contributed by atoms with Crippen molar-refractivity contribution in [2.45, 2.75) is 45.4 Å². The average molecular weight is 285 g/mol. The molecule has 4 fully saturated rings. The molecule has 4 saturated carbocycles. The molecule has 3 N–H and O–H groups in total. The normalized spacial score (nSPS) is 40.2. The van der Waals surface area contributed by atoms with Gasteiger partial charge in [0.1, 0.15) is 0 Å². The minimum Gasteiger partial charge on any atom is -0.396 e. The molecule has 0 saturated heterocycles. The van der Waals surface area contributed by atoms with Crippen molar-refractivity contribution in [1.82, 2.24) is 4.98 Å². The van der Waals surface area contributed by atoms with Gasteiger partial charge in [0.05, 0.1) is 23.0 Å². The van der Waals surface area contributed by atoms with E-state index < -0.39 is 0 Å². The minimum absolute atomic E-state index is 0.158. The van der Waals surface area contributed by atoms with E-state index in [1.54, 1.807) is 18.5 Å². The number of nitrogen functional groups attached to an aromatic ring is 1. The molecule has 5 rings (SSSR count). The number of pyridine rings is 1. The standard InChI is InChI=1S/C17H23N3O/c1-16-5-11-4-12(6-16)8-17(7-11,10-16)15(21)20-14-2-3-19-9-13(14)18/h2-3,9,11-12H,4-8,10,18H2,1H3,(H,19,20,21). The third-order valence-electron chi connectivity index (χ3n) is 5.94. The average Bonchev–Trinajstić information content (AvgIpc) is 2.38. The largest absolute Gasteiger partial charge is 0.396 e. The van der Waals surface area contributed by atoms with Crippen molar-refractivity contribution in [2.75, 3.05) is 11.1 Å². The van der Waals surface area contributed by atoms with E-state index in [2.05, 4.69) is 17.2 Å². The first-order valence-corrected chi connectivity index (χ1v) is 7.99. The Morgan fingerprint density at radius 1 is 1.33 bits per heavy atom. The Labute approximate surface area is 125 Å². The first-order chi connectivity index (χ1) is 9.98. The molecule has 4 aliphatic rings. The molecule has 21 heavy (non-hydrogen) atoms. The van der Waals surface area contributed by atoms with E-state index in [1.807, 2.05) is 0 Å². The van der Waals surface area contributed by atoms with E-state index in [0.29, 0.717) is 16.8 Å². The Kier molecular flexibility index (Phi) is 2.63. The van der Waals surface area contributed by atoms with Crippen LogP contribution in [0.25, 0.3) is 0 Å². The summed E-state index contributed by atoms with van der Waals surface area (Å²) in [7, 11) is 0. The van der Waals surface area contributed by atoms with Crippen LogP contribution in [0.15, 0.2) is 18.5 Å². The fourth-order valence-electron chi connectivity index (χ4n) is 5.76. The van der Waals surface area contributed by atoms with Crippen molar-refractivity contribution in [3.63, 3.8) is 0 Å². The number of anilines is 2. The van der Waals surface area contributed by atoms with Gasteiger partial charge in [0.2, 0.25) is 5.91 Å². The van der Waals surface area contributed by atoms with Gasteiger partial charge in [-0.3, -0.25) is 9.78 Å². The molecule has 0 aromatic carbocycles. The number of aromatic nitrogens is 1. The fraction of sp³-hybridized carbons (Fsp3) is 0.647. The summed E-state index contributed by atoms with van der Waals surface area (Å²) >= 11 is 0. The maximum atomic E-state index is 13.0. The molecular weight excluding hydrogens is 262 g/mol. The topological polar surface area (TPSA) is 68.0 Å². The molecule has 1 heterocycles. The van der Waals surface area contributed by atoms with Gasteiger partial charge in [-0.15, -0.1) is 0 Å². The van der Waals surface area contributed by atoms with Crippen LogP contribution in [0.5, 0.6) is 0 Å². The molecule has 4 nitrogen and oxygen atoms in total. The number of carbonyl (C=O) groups excluding carboxylic acids is 1. The molecule has 0 spiro atoms. The Hall–Kier alpha value is -1.58. The van der Waals surface area contributed by atoms with E-state index in [-0.39, 0.29) is 11.3 Å². The monoisotopic (exact) mass is 285 g/mol. The van der Waals surface area contributed by atoms with Crippen LogP contribution < -0.4 is 11.1 Å². The molecule has 1 aromatic heterocycles. The summed E-state index contributed by atoms with van der Waals surface area (Å²) in [6.45, 7) is 2.38. The molecule has 4 aliphatic carbocycles. The maximum Gasteiger partial charge on any atom is 0.230 e. The molecule has 0 aliphatic heterocycles. The predicted octanol–water partition coefficient (Wildman–Crippen LogP) is 3.21. The van der Waals surface area contributed by atoms with Crippen LogP contribution in [-0.4, -0.2) is 10.9 Å². The smallest absolute Gasteiger partial charge is 0.230 e. The number of nitrogens with two attached hydrogens (primary N) is 1. The predicted molar refractivity (Wildman–Crippen MR) is 82.5 cm³/mol. The zero-order valence-electron chi connectivity index (χ0n) is 12.6. The first kappa shape index (κ1) is 13.1. The SMILES string of the molecule is CC12CC3CC(C1)CC(C(=O)Nc1ccncc1N)(C3)C2. The van der Waals surface area contributed by atoms with E-state index in [0.717, 1.165) is 31.1 Å². The van der Waals surface area contributed by atoms with Crippen LogP contribution in [0.2, 0.25) is 0 Å². The minimum atomic E-state index is -0.158. The van der Waals surface area contributed by atoms with Gasteiger partial charge in [0.15, 0.2) is 0 Å². The lowest BCUT2D eigenvalue weighted by molar-refractivity contribution is -0.149. The molecule has 112 valence electrons.